The van der Waals surface area contributed by atoms with E-state index in [1.54, 1.807) is 0 Å². The molecule has 1 atom stereocenters. The fourth-order valence-electron chi connectivity index (χ4n) is 1.11. The van der Waals surface area contributed by atoms with Crippen LogP contribution in [0.25, 0.3) is 0 Å². The number of esters is 2. The monoisotopic (exact) mass is 231 g/mol. The van der Waals surface area contributed by atoms with Crippen molar-refractivity contribution in [1.29, 1.82) is 0 Å². The number of ether oxygens (including phenoxy) is 1. The molecule has 6 N–H and O–H groups in total. The quantitative estimate of drug-likeness (QED) is 0.287. The summed E-state index contributed by atoms with van der Waals surface area (Å²) in [7, 11) is 0. The molecular weight excluding hydrogens is 210 g/mol. The normalized spacial score (nSPS) is 12.2. The molecule has 94 valence electrons. The van der Waals surface area contributed by atoms with Crippen LogP contribution in [0.1, 0.15) is 32.1 Å². The summed E-state index contributed by atoms with van der Waals surface area (Å²) in [6.45, 7) is 0.961. The topological polar surface area (TPSA) is 121 Å². The summed E-state index contributed by atoms with van der Waals surface area (Å²) in [4.78, 5) is 22.4. The van der Waals surface area contributed by atoms with E-state index in [0.29, 0.717) is 25.9 Å². The maximum absolute atomic E-state index is 11.3. The van der Waals surface area contributed by atoms with Gasteiger partial charge in [0.25, 0.3) is 0 Å². The summed E-state index contributed by atoms with van der Waals surface area (Å²) in [6, 6.07) is -0.742. The van der Waals surface area contributed by atoms with Gasteiger partial charge in [-0.15, -0.1) is 0 Å². The number of unbranched alkanes of at least 4 members (excludes halogenated alkanes) is 1. The van der Waals surface area contributed by atoms with Gasteiger partial charge in [0.05, 0.1) is 0 Å². The van der Waals surface area contributed by atoms with Crippen molar-refractivity contribution in [1.82, 2.24) is 0 Å². The number of carbonyl (C=O) groups excluding carboxylic acids is 2. The maximum atomic E-state index is 11.3. The van der Waals surface area contributed by atoms with Gasteiger partial charge in [0.1, 0.15) is 6.04 Å². The van der Waals surface area contributed by atoms with Crippen LogP contribution in [-0.2, 0) is 14.3 Å². The fourth-order valence-corrected chi connectivity index (χ4v) is 1.11. The Bertz CT molecular complexity index is 221. The average molecular weight is 231 g/mol. The first-order valence-electron chi connectivity index (χ1n) is 5.52. The van der Waals surface area contributed by atoms with E-state index in [4.69, 9.17) is 17.2 Å². The highest BCUT2D eigenvalue weighted by Crippen LogP contribution is 2.01. The average Bonchev–Trinajstić information content (AvgIpc) is 2.26. The molecule has 16 heavy (non-hydrogen) atoms. The molecule has 0 fully saturated rings. The van der Waals surface area contributed by atoms with E-state index >= 15 is 0 Å². The molecule has 0 unspecified atom stereocenters. The Morgan fingerprint density at radius 2 is 1.69 bits per heavy atom. The molecule has 0 aromatic heterocycles. The fraction of sp³-hybridized carbons (Fsp3) is 0.800. The highest BCUT2D eigenvalue weighted by atomic mass is 16.6. The van der Waals surface area contributed by atoms with Gasteiger partial charge in [-0.3, -0.25) is 4.79 Å². The molecule has 0 bridgehead atoms. The summed E-state index contributed by atoms with van der Waals surface area (Å²) < 4.78 is 4.56. The van der Waals surface area contributed by atoms with Crippen molar-refractivity contribution >= 4 is 11.9 Å². The summed E-state index contributed by atoms with van der Waals surface area (Å²) in [5.41, 5.74) is 16.1. The second-order valence-corrected chi connectivity index (χ2v) is 3.58. The third kappa shape index (κ3) is 7.33. The molecule has 0 radical (unpaired) electrons. The van der Waals surface area contributed by atoms with Crippen molar-refractivity contribution in [2.24, 2.45) is 17.2 Å². The standard InChI is InChI=1S/C10H21N3O3/c11-6-2-1-4-8(13)10(15)16-9(14)5-3-7-12/h8H,1-7,11-13H2/t8-/m0/s1. The molecule has 0 aliphatic rings. The molecule has 0 saturated heterocycles. The second-order valence-electron chi connectivity index (χ2n) is 3.58. The molecule has 0 saturated carbocycles. The molecule has 0 aromatic rings. The van der Waals surface area contributed by atoms with Gasteiger partial charge in [0.15, 0.2) is 0 Å². The molecule has 0 rings (SSSR count). The first kappa shape index (κ1) is 15.0. The number of hydrogen-bond donors (Lipinski definition) is 3. The summed E-state index contributed by atoms with van der Waals surface area (Å²) in [5, 5.41) is 0. The minimum absolute atomic E-state index is 0.151. The van der Waals surface area contributed by atoms with Gasteiger partial charge in [0.2, 0.25) is 0 Å². The zero-order valence-electron chi connectivity index (χ0n) is 9.48. The van der Waals surface area contributed by atoms with E-state index in [-0.39, 0.29) is 6.42 Å². The predicted octanol–water partition coefficient (Wildman–Crippen LogP) is -0.749. The lowest BCUT2D eigenvalue weighted by Crippen LogP contribution is -2.33. The highest BCUT2D eigenvalue weighted by Gasteiger charge is 2.17. The lowest BCUT2D eigenvalue weighted by Gasteiger charge is -2.09. The first-order chi connectivity index (χ1) is 7.61. The Hall–Kier alpha value is -0.980. The minimum atomic E-state index is -0.742. The van der Waals surface area contributed by atoms with Crippen molar-refractivity contribution in [3.8, 4) is 0 Å². The Morgan fingerprint density at radius 1 is 1.06 bits per heavy atom. The zero-order chi connectivity index (χ0) is 12.4. The van der Waals surface area contributed by atoms with Crippen LogP contribution in [0.15, 0.2) is 0 Å². The van der Waals surface area contributed by atoms with Gasteiger partial charge in [-0.1, -0.05) is 6.42 Å². The van der Waals surface area contributed by atoms with E-state index in [2.05, 4.69) is 4.74 Å². The first-order valence-corrected chi connectivity index (χ1v) is 5.52. The molecule has 6 heteroatoms. The van der Waals surface area contributed by atoms with Crippen molar-refractivity contribution in [3.05, 3.63) is 0 Å². The van der Waals surface area contributed by atoms with Crippen LogP contribution in [0, 0.1) is 0 Å². The van der Waals surface area contributed by atoms with Gasteiger partial charge in [-0.05, 0) is 32.4 Å². The van der Waals surface area contributed by atoms with Crippen LogP contribution in [0.5, 0.6) is 0 Å². The molecule has 0 amide bonds. The van der Waals surface area contributed by atoms with Gasteiger partial charge in [-0.2, -0.15) is 0 Å². The molecule has 0 aliphatic heterocycles. The summed E-state index contributed by atoms with van der Waals surface area (Å²) >= 11 is 0. The number of nitrogens with two attached hydrogens (primary N) is 3. The summed E-state index contributed by atoms with van der Waals surface area (Å²) in [6.07, 6.45) is 2.71. The molecular formula is C10H21N3O3. The van der Waals surface area contributed by atoms with Crippen LogP contribution >= 0.6 is 0 Å². The number of rotatable bonds is 8. The summed E-state index contributed by atoms with van der Waals surface area (Å²) in [5.74, 6) is -1.23. The number of hydrogen-bond acceptors (Lipinski definition) is 6. The lowest BCUT2D eigenvalue weighted by atomic mass is 10.1. The minimum Gasteiger partial charge on any atom is -0.392 e. The Labute approximate surface area is 95.5 Å². The zero-order valence-corrected chi connectivity index (χ0v) is 9.48. The van der Waals surface area contributed by atoms with Crippen molar-refractivity contribution < 1.29 is 14.3 Å². The number of carbonyl (C=O) groups is 2. The van der Waals surface area contributed by atoms with Gasteiger partial charge in [-0.25, -0.2) is 4.79 Å². The van der Waals surface area contributed by atoms with Gasteiger partial charge >= 0.3 is 11.9 Å². The van der Waals surface area contributed by atoms with Crippen LogP contribution in [0.4, 0.5) is 0 Å². The second kappa shape index (κ2) is 9.26. The van der Waals surface area contributed by atoms with E-state index in [1.165, 1.54) is 0 Å². The largest absolute Gasteiger partial charge is 0.392 e. The lowest BCUT2D eigenvalue weighted by molar-refractivity contribution is -0.160. The molecule has 0 spiro atoms. The third-order valence-corrected chi connectivity index (χ3v) is 2.07. The molecule has 0 aliphatic carbocycles. The Balaban J connectivity index is 3.73. The van der Waals surface area contributed by atoms with E-state index < -0.39 is 18.0 Å². The van der Waals surface area contributed by atoms with Crippen LogP contribution < -0.4 is 17.2 Å². The smallest absolute Gasteiger partial charge is 0.330 e. The Kier molecular flexibility index (Phi) is 8.69. The molecule has 0 aromatic carbocycles. The van der Waals surface area contributed by atoms with E-state index in [0.717, 1.165) is 12.8 Å². The SMILES string of the molecule is NCCCC[C@H](N)C(=O)OC(=O)CCCN. The van der Waals surface area contributed by atoms with Crippen LogP contribution in [0.3, 0.4) is 0 Å². The van der Waals surface area contributed by atoms with Gasteiger partial charge < -0.3 is 21.9 Å². The van der Waals surface area contributed by atoms with Crippen molar-refractivity contribution in [2.45, 2.75) is 38.1 Å². The third-order valence-electron chi connectivity index (χ3n) is 2.07. The predicted molar refractivity (Wildman–Crippen MR) is 60.3 cm³/mol. The molecule has 6 nitrogen and oxygen atoms in total. The van der Waals surface area contributed by atoms with E-state index in [9.17, 15) is 9.59 Å². The van der Waals surface area contributed by atoms with Crippen LogP contribution in [0.2, 0.25) is 0 Å². The highest BCUT2D eigenvalue weighted by molar-refractivity contribution is 5.88. The maximum Gasteiger partial charge on any atom is 0.330 e. The van der Waals surface area contributed by atoms with Crippen LogP contribution in [-0.4, -0.2) is 31.1 Å². The van der Waals surface area contributed by atoms with Gasteiger partial charge in [0, 0.05) is 6.42 Å². The Morgan fingerprint density at radius 3 is 2.25 bits per heavy atom. The van der Waals surface area contributed by atoms with Crippen molar-refractivity contribution in [3.63, 3.8) is 0 Å². The van der Waals surface area contributed by atoms with Crippen molar-refractivity contribution in [2.75, 3.05) is 13.1 Å². The molecule has 0 heterocycles. The van der Waals surface area contributed by atoms with E-state index in [1.807, 2.05) is 0 Å².